The number of fused-ring (bicyclic) bond motifs is 1. The highest BCUT2D eigenvalue weighted by molar-refractivity contribution is 6.87. The van der Waals surface area contributed by atoms with Crippen molar-refractivity contribution in [3.8, 4) is 11.5 Å². The summed E-state index contributed by atoms with van der Waals surface area (Å²) < 4.78 is 5.09. The fraction of sp³-hybridized carbons (Fsp3) is 0.474. The molecule has 2 rings (SSSR count). The quantitative estimate of drug-likeness (QED) is 0.328. The Hall–Kier alpha value is -1.61. The third-order valence-electron chi connectivity index (χ3n) is 4.77. The van der Waals surface area contributed by atoms with Gasteiger partial charge < -0.3 is 10.1 Å². The molecular weight excluding hydrogens is 350 g/mol. The number of hydrogen-bond acceptors (Lipinski definition) is 4. The van der Waals surface area contributed by atoms with Gasteiger partial charge in [0.05, 0.1) is 12.1 Å². The fourth-order valence-electron chi connectivity index (χ4n) is 2.80. The van der Waals surface area contributed by atoms with Crippen LogP contribution in [0.3, 0.4) is 0 Å². The summed E-state index contributed by atoms with van der Waals surface area (Å²) in [7, 11) is 0.211. The monoisotopic (exact) mass is 375 g/mol. The Morgan fingerprint density at radius 2 is 1.88 bits per heavy atom. The predicted molar refractivity (Wildman–Crippen MR) is 109 cm³/mol. The van der Waals surface area contributed by atoms with Gasteiger partial charge in [-0.2, -0.15) is 0 Å². The molecule has 134 valence electrons. The van der Waals surface area contributed by atoms with Gasteiger partial charge in [0, 0.05) is 24.6 Å². The first-order chi connectivity index (χ1) is 12.1. The van der Waals surface area contributed by atoms with Crippen molar-refractivity contribution in [1.29, 1.82) is 0 Å². The fourth-order valence-corrected chi connectivity index (χ4v) is 5.42. The number of nitrogens with one attached hydrogen (secondary N) is 1. The summed E-state index contributed by atoms with van der Waals surface area (Å²) in [6.07, 6.45) is 0. The lowest BCUT2D eigenvalue weighted by Crippen LogP contribution is -2.29. The minimum Gasteiger partial charge on any atom is -0.383 e. The minimum absolute atomic E-state index is 0.237. The van der Waals surface area contributed by atoms with E-state index < -0.39 is 8.07 Å². The van der Waals surface area contributed by atoms with Gasteiger partial charge in [0.1, 0.15) is 13.9 Å². The Morgan fingerprint density at radius 3 is 2.52 bits per heavy atom. The number of rotatable bonds is 7. The topological polar surface area (TPSA) is 47.0 Å². The van der Waals surface area contributed by atoms with Gasteiger partial charge >= 0.3 is 0 Å². The molecule has 1 aromatic carbocycles. The lowest BCUT2D eigenvalue weighted by Gasteiger charge is -2.20. The molecule has 0 radical (unpaired) electrons. The molecular formula is C19H26ClN3OSi. The van der Waals surface area contributed by atoms with Crippen molar-refractivity contribution in [3.63, 3.8) is 0 Å². The van der Waals surface area contributed by atoms with E-state index in [9.17, 15) is 0 Å². The molecule has 0 unspecified atom stereocenters. The molecule has 0 atom stereocenters. The van der Waals surface area contributed by atoms with Crippen molar-refractivity contribution in [1.82, 2.24) is 9.97 Å². The summed E-state index contributed by atoms with van der Waals surface area (Å²) in [6, 6.07) is 9.61. The second kappa shape index (κ2) is 9.19. The first-order valence-electron chi connectivity index (χ1n) is 8.80. The molecule has 0 bridgehead atoms. The second-order valence-electron chi connectivity index (χ2n) is 6.08. The minimum atomic E-state index is -1.46. The van der Waals surface area contributed by atoms with Crippen LogP contribution in [0.5, 0.6) is 0 Å². The average molecular weight is 376 g/mol. The van der Waals surface area contributed by atoms with Crippen LogP contribution in [-0.4, -0.2) is 38.3 Å². The molecule has 1 N–H and O–H groups in total. The highest BCUT2D eigenvalue weighted by atomic mass is 35.5. The van der Waals surface area contributed by atoms with E-state index in [0.29, 0.717) is 13.2 Å². The molecule has 25 heavy (non-hydrogen) atoms. The summed E-state index contributed by atoms with van der Waals surface area (Å²) in [6.45, 7) is 8.05. The number of hydrogen-bond donors (Lipinski definition) is 1. The van der Waals surface area contributed by atoms with Crippen molar-refractivity contribution in [2.45, 2.75) is 38.9 Å². The average Bonchev–Trinajstić information content (AvgIpc) is 2.63. The van der Waals surface area contributed by atoms with Crippen LogP contribution >= 0.6 is 11.6 Å². The molecule has 1 aromatic heterocycles. The van der Waals surface area contributed by atoms with Crippen LogP contribution in [0.4, 0.5) is 5.82 Å². The number of ether oxygens (including phenoxy) is 1. The van der Waals surface area contributed by atoms with Crippen molar-refractivity contribution >= 4 is 36.4 Å². The first-order valence-corrected chi connectivity index (χ1v) is 11.8. The smallest absolute Gasteiger partial charge is 0.224 e. The second-order valence-corrected chi connectivity index (χ2v) is 11.4. The van der Waals surface area contributed by atoms with Crippen LogP contribution in [0, 0.1) is 11.5 Å². The van der Waals surface area contributed by atoms with Crippen LogP contribution in [0.25, 0.3) is 10.9 Å². The zero-order valence-corrected chi connectivity index (χ0v) is 17.2. The molecule has 0 spiro atoms. The van der Waals surface area contributed by atoms with Gasteiger partial charge in [0.15, 0.2) is 0 Å². The maximum Gasteiger partial charge on any atom is 0.224 e. The van der Waals surface area contributed by atoms with Crippen molar-refractivity contribution in [2.75, 3.05) is 25.6 Å². The molecule has 0 saturated carbocycles. The number of aromatic nitrogens is 2. The third kappa shape index (κ3) is 4.94. The maximum atomic E-state index is 6.04. The number of halogens is 1. The van der Waals surface area contributed by atoms with Crippen molar-refractivity contribution < 1.29 is 4.74 Å². The Labute approximate surface area is 156 Å². The van der Waals surface area contributed by atoms with Crippen LogP contribution in [-0.2, 0) is 4.74 Å². The number of methoxy groups -OCH3 is 1. The summed E-state index contributed by atoms with van der Waals surface area (Å²) >= 11 is 6.04. The van der Waals surface area contributed by atoms with E-state index in [2.05, 4.69) is 47.5 Å². The highest BCUT2D eigenvalue weighted by Crippen LogP contribution is 2.24. The number of nitrogens with zero attached hydrogens (tertiary/aromatic N) is 2. The summed E-state index contributed by atoms with van der Waals surface area (Å²) in [5.41, 5.74) is 5.44. The zero-order chi connectivity index (χ0) is 18.3. The van der Waals surface area contributed by atoms with Crippen molar-refractivity contribution in [3.05, 3.63) is 29.0 Å². The molecule has 0 amide bonds. The van der Waals surface area contributed by atoms with E-state index in [0.717, 1.165) is 22.3 Å². The van der Waals surface area contributed by atoms with Gasteiger partial charge in [-0.1, -0.05) is 26.7 Å². The largest absolute Gasteiger partial charge is 0.383 e. The summed E-state index contributed by atoms with van der Waals surface area (Å²) in [5.74, 6) is 4.13. The van der Waals surface area contributed by atoms with E-state index in [1.54, 1.807) is 7.11 Å². The molecule has 0 fully saturated rings. The van der Waals surface area contributed by atoms with Gasteiger partial charge in [-0.05, 0) is 47.9 Å². The Kier molecular flexibility index (Phi) is 7.24. The van der Waals surface area contributed by atoms with Gasteiger partial charge in [-0.3, -0.25) is 0 Å². The van der Waals surface area contributed by atoms with Gasteiger partial charge in [-0.25, -0.2) is 9.97 Å². The van der Waals surface area contributed by atoms with E-state index in [4.69, 9.17) is 16.3 Å². The number of anilines is 1. The van der Waals surface area contributed by atoms with E-state index >= 15 is 0 Å². The molecule has 4 nitrogen and oxygen atoms in total. The van der Waals surface area contributed by atoms with Crippen molar-refractivity contribution in [2.24, 2.45) is 0 Å². The van der Waals surface area contributed by atoms with Crippen LogP contribution in [0.2, 0.25) is 23.4 Å². The molecule has 2 aromatic rings. The molecule has 0 aliphatic rings. The van der Waals surface area contributed by atoms with E-state index in [1.807, 2.05) is 18.2 Å². The standard InChI is InChI=1S/C19H26ClN3OSi/c1-5-25(6-2,7-3)13-10-15-8-9-17-16(14-15)18(21-11-12-24-4)23-19(20)22-17/h8-9,14H,5-7,11-12H2,1-4H3,(H,21,22,23). The predicted octanol–water partition coefficient (Wildman–Crippen LogP) is 4.74. The van der Waals surface area contributed by atoms with Crippen LogP contribution in [0.1, 0.15) is 26.3 Å². The summed E-state index contributed by atoms with van der Waals surface area (Å²) in [4.78, 5) is 8.63. The molecule has 0 aliphatic carbocycles. The third-order valence-corrected chi connectivity index (χ3v) is 9.65. The lowest BCUT2D eigenvalue weighted by molar-refractivity contribution is 0.210. The van der Waals surface area contributed by atoms with Gasteiger partial charge in [0.25, 0.3) is 0 Å². The van der Waals surface area contributed by atoms with Gasteiger partial charge in [0.2, 0.25) is 5.28 Å². The molecule has 1 heterocycles. The molecule has 0 saturated heterocycles. The normalized spacial score (nSPS) is 11.2. The van der Waals surface area contributed by atoms with E-state index in [1.165, 1.54) is 18.1 Å². The maximum absolute atomic E-state index is 6.04. The van der Waals surface area contributed by atoms with Crippen LogP contribution < -0.4 is 5.32 Å². The van der Waals surface area contributed by atoms with Gasteiger partial charge in [-0.15, -0.1) is 5.54 Å². The Bertz CT molecular complexity index is 773. The molecule has 6 heteroatoms. The Morgan fingerprint density at radius 1 is 1.16 bits per heavy atom. The van der Waals surface area contributed by atoms with E-state index in [-0.39, 0.29) is 5.28 Å². The zero-order valence-electron chi connectivity index (χ0n) is 15.4. The molecule has 0 aliphatic heterocycles. The Balaban J connectivity index is 2.41. The first kappa shape index (κ1) is 19.7. The number of benzene rings is 1. The lowest BCUT2D eigenvalue weighted by atomic mass is 10.1. The highest BCUT2D eigenvalue weighted by Gasteiger charge is 2.24. The van der Waals surface area contributed by atoms with Crippen LogP contribution in [0.15, 0.2) is 18.2 Å². The summed E-state index contributed by atoms with van der Waals surface area (Å²) in [5, 5.41) is 4.43. The SMILES string of the molecule is CC[Si](C#Cc1ccc2nc(Cl)nc(NCCOC)c2c1)(CC)CC.